The van der Waals surface area contributed by atoms with Gasteiger partial charge < -0.3 is 4.74 Å². The molecular weight excluding hydrogens is 362 g/mol. The molecule has 0 aliphatic carbocycles. The van der Waals surface area contributed by atoms with E-state index in [0.29, 0.717) is 11.5 Å². The number of hydrazine groups is 1. The van der Waals surface area contributed by atoms with Gasteiger partial charge in [0.2, 0.25) is 0 Å². The van der Waals surface area contributed by atoms with Crippen molar-refractivity contribution in [1.82, 2.24) is 5.01 Å². The Morgan fingerprint density at radius 2 is 1.62 bits per heavy atom. The van der Waals surface area contributed by atoms with Crippen molar-refractivity contribution in [2.75, 3.05) is 12.5 Å². The number of nitrogens with zero attached hydrogens (tertiary/aromatic N) is 2. The Morgan fingerprint density at radius 1 is 0.931 bits per heavy atom. The predicted octanol–water partition coefficient (Wildman–Crippen LogP) is 4.66. The number of amides is 1. The van der Waals surface area contributed by atoms with Gasteiger partial charge in [-0.3, -0.25) is 10.2 Å². The number of hydrogen-bond donors (Lipinski definition) is 1. The van der Waals surface area contributed by atoms with Crippen LogP contribution in [0.2, 0.25) is 0 Å². The second-order valence-corrected chi connectivity index (χ2v) is 6.72. The zero-order valence-electron chi connectivity index (χ0n) is 16.3. The third-order valence-corrected chi connectivity index (χ3v) is 4.60. The molecule has 0 saturated carbocycles. The van der Waals surface area contributed by atoms with Gasteiger partial charge >= 0.3 is 0 Å². The molecule has 0 fully saturated rings. The van der Waals surface area contributed by atoms with E-state index in [0.717, 1.165) is 28.1 Å². The molecule has 0 spiro atoms. The summed E-state index contributed by atoms with van der Waals surface area (Å²) in [4.78, 5) is 17.8. The van der Waals surface area contributed by atoms with Gasteiger partial charge in [-0.05, 0) is 42.8 Å². The average molecular weight is 383 g/mol. The molecule has 144 valence electrons. The molecule has 3 aromatic rings. The number of aryl methyl sites for hydroxylation is 1. The average Bonchev–Trinajstić information content (AvgIpc) is 3.05. The number of carbonyl (C=O) groups is 1. The Balaban J connectivity index is 1.71. The smallest absolute Gasteiger partial charge is 0.297 e. The highest BCUT2D eigenvalue weighted by Crippen LogP contribution is 2.24. The van der Waals surface area contributed by atoms with E-state index in [4.69, 9.17) is 4.74 Å². The summed E-state index contributed by atoms with van der Waals surface area (Å²) in [5.74, 6) is 1.12. The molecule has 5 nitrogen and oxygen atoms in total. The number of para-hydroxylation sites is 1. The predicted molar refractivity (Wildman–Crippen MR) is 116 cm³/mol. The fraction of sp³-hybridized carbons (Fsp3) is 0.0833. The number of rotatable bonds is 5. The monoisotopic (exact) mass is 383 g/mol. The summed E-state index contributed by atoms with van der Waals surface area (Å²) in [6, 6.07) is 25.0. The van der Waals surface area contributed by atoms with Crippen molar-refractivity contribution in [2.24, 2.45) is 4.99 Å². The first-order chi connectivity index (χ1) is 14.1. The molecular formula is C24H21N3O2. The zero-order chi connectivity index (χ0) is 20.2. The number of benzene rings is 3. The largest absolute Gasteiger partial charge is 0.497 e. The lowest BCUT2D eigenvalue weighted by atomic mass is 10.1. The molecule has 5 heteroatoms. The fourth-order valence-electron chi connectivity index (χ4n) is 3.02. The van der Waals surface area contributed by atoms with E-state index >= 15 is 0 Å². The van der Waals surface area contributed by atoms with Crippen molar-refractivity contribution in [3.8, 4) is 5.75 Å². The summed E-state index contributed by atoms with van der Waals surface area (Å²) in [7, 11) is 1.62. The maximum atomic E-state index is 13.1. The van der Waals surface area contributed by atoms with Crippen LogP contribution in [0.5, 0.6) is 5.75 Å². The first-order valence-corrected chi connectivity index (χ1v) is 9.32. The molecule has 0 aromatic heterocycles. The van der Waals surface area contributed by atoms with Gasteiger partial charge in [-0.15, -0.1) is 0 Å². The number of hydrogen-bond acceptors (Lipinski definition) is 4. The lowest BCUT2D eigenvalue weighted by Gasteiger charge is -2.20. The minimum absolute atomic E-state index is 0.208. The molecule has 3 aromatic carbocycles. The van der Waals surface area contributed by atoms with Crippen LogP contribution in [0.1, 0.15) is 16.7 Å². The summed E-state index contributed by atoms with van der Waals surface area (Å²) in [6.07, 6.45) is 1.78. The SMILES string of the molecule is COc1ccc(C=C2N=C(c3ccc(C)cc3)N(Nc3ccccc3)C2=O)cc1. The van der Waals surface area contributed by atoms with Crippen molar-refractivity contribution in [1.29, 1.82) is 0 Å². The molecule has 0 bridgehead atoms. The normalized spacial score (nSPS) is 14.8. The van der Waals surface area contributed by atoms with E-state index < -0.39 is 0 Å². The van der Waals surface area contributed by atoms with Crippen LogP contribution in [-0.2, 0) is 4.79 Å². The summed E-state index contributed by atoms with van der Waals surface area (Å²) in [5.41, 5.74) is 7.25. The highest BCUT2D eigenvalue weighted by Gasteiger charge is 2.31. The standard InChI is InChI=1S/C24H21N3O2/c1-17-8-12-19(13-9-17)23-25-22(16-18-10-14-21(29-2)15-11-18)24(28)27(23)26-20-6-4-3-5-7-20/h3-16,26H,1-2H3. The fourth-order valence-corrected chi connectivity index (χ4v) is 3.02. The molecule has 0 unspecified atom stereocenters. The quantitative estimate of drug-likeness (QED) is 0.652. The summed E-state index contributed by atoms with van der Waals surface area (Å²) < 4.78 is 5.19. The van der Waals surface area contributed by atoms with Crippen molar-refractivity contribution in [3.05, 3.63) is 101 Å². The molecule has 29 heavy (non-hydrogen) atoms. The highest BCUT2D eigenvalue weighted by molar-refractivity contribution is 6.20. The Hall–Kier alpha value is -3.86. The zero-order valence-corrected chi connectivity index (χ0v) is 16.3. The van der Waals surface area contributed by atoms with Crippen LogP contribution in [0.15, 0.2) is 89.6 Å². The Labute approximate surface area is 169 Å². The van der Waals surface area contributed by atoms with Gasteiger partial charge in [-0.25, -0.2) is 4.99 Å². The molecule has 1 heterocycles. The van der Waals surface area contributed by atoms with Crippen LogP contribution in [0.3, 0.4) is 0 Å². The number of ether oxygens (including phenoxy) is 1. The molecule has 4 rings (SSSR count). The minimum Gasteiger partial charge on any atom is -0.497 e. The van der Waals surface area contributed by atoms with Crippen LogP contribution < -0.4 is 10.2 Å². The topological polar surface area (TPSA) is 53.9 Å². The lowest BCUT2D eigenvalue weighted by Crippen LogP contribution is -2.37. The second-order valence-electron chi connectivity index (χ2n) is 6.72. The van der Waals surface area contributed by atoms with Crippen LogP contribution in [-0.4, -0.2) is 23.9 Å². The number of nitrogens with one attached hydrogen (secondary N) is 1. The Bertz CT molecular complexity index is 1070. The molecule has 0 radical (unpaired) electrons. The molecule has 1 amide bonds. The van der Waals surface area contributed by atoms with E-state index in [9.17, 15) is 4.79 Å². The Kier molecular flexibility index (Phi) is 5.12. The van der Waals surface area contributed by atoms with Crippen LogP contribution in [0.4, 0.5) is 5.69 Å². The summed E-state index contributed by atoms with van der Waals surface area (Å²) in [6.45, 7) is 2.03. The molecule has 0 atom stereocenters. The van der Waals surface area contributed by atoms with Crippen LogP contribution >= 0.6 is 0 Å². The van der Waals surface area contributed by atoms with Gasteiger partial charge in [0.25, 0.3) is 5.91 Å². The summed E-state index contributed by atoms with van der Waals surface area (Å²) in [5, 5.41) is 1.50. The van der Waals surface area contributed by atoms with E-state index in [1.165, 1.54) is 5.01 Å². The third-order valence-electron chi connectivity index (χ3n) is 4.60. The van der Waals surface area contributed by atoms with Crippen LogP contribution in [0.25, 0.3) is 6.08 Å². The van der Waals surface area contributed by atoms with Crippen molar-refractivity contribution >= 4 is 23.5 Å². The number of amidine groups is 1. The van der Waals surface area contributed by atoms with E-state index in [1.807, 2.05) is 85.8 Å². The van der Waals surface area contributed by atoms with Crippen molar-refractivity contribution in [3.63, 3.8) is 0 Å². The number of anilines is 1. The van der Waals surface area contributed by atoms with E-state index in [-0.39, 0.29) is 5.91 Å². The van der Waals surface area contributed by atoms with Gasteiger partial charge in [0.1, 0.15) is 11.4 Å². The molecule has 1 aliphatic heterocycles. The third kappa shape index (κ3) is 4.04. The number of aliphatic imine (C=N–C) groups is 1. The maximum Gasteiger partial charge on any atom is 0.297 e. The second kappa shape index (κ2) is 8.02. The highest BCUT2D eigenvalue weighted by atomic mass is 16.5. The van der Waals surface area contributed by atoms with Gasteiger partial charge in [0, 0.05) is 5.56 Å². The van der Waals surface area contributed by atoms with Gasteiger partial charge in [0.05, 0.1) is 12.8 Å². The van der Waals surface area contributed by atoms with Crippen molar-refractivity contribution < 1.29 is 9.53 Å². The van der Waals surface area contributed by atoms with E-state index in [2.05, 4.69) is 10.4 Å². The van der Waals surface area contributed by atoms with Gasteiger partial charge in [0.15, 0.2) is 5.84 Å². The van der Waals surface area contributed by atoms with Crippen LogP contribution in [0, 0.1) is 6.92 Å². The first-order valence-electron chi connectivity index (χ1n) is 9.32. The Morgan fingerprint density at radius 3 is 2.28 bits per heavy atom. The number of carbonyl (C=O) groups excluding carboxylic acids is 1. The minimum atomic E-state index is -0.208. The molecule has 1 aliphatic rings. The summed E-state index contributed by atoms with van der Waals surface area (Å²) >= 11 is 0. The van der Waals surface area contributed by atoms with Gasteiger partial charge in [-0.2, -0.15) is 5.01 Å². The maximum absolute atomic E-state index is 13.1. The molecule has 1 N–H and O–H groups in total. The molecule has 0 saturated heterocycles. The lowest BCUT2D eigenvalue weighted by molar-refractivity contribution is -0.121. The van der Waals surface area contributed by atoms with Crippen molar-refractivity contribution in [2.45, 2.75) is 6.92 Å². The van der Waals surface area contributed by atoms with E-state index in [1.54, 1.807) is 13.2 Å². The number of methoxy groups -OCH3 is 1. The first kappa shape index (κ1) is 18.5. The van der Waals surface area contributed by atoms with Gasteiger partial charge in [-0.1, -0.05) is 60.2 Å².